The maximum atomic E-state index is 12.4. The number of thiophene rings is 1. The zero-order valence-corrected chi connectivity index (χ0v) is 14.3. The summed E-state index contributed by atoms with van der Waals surface area (Å²) in [5, 5.41) is 10.7. The number of hydrogen-bond donors (Lipinski definition) is 0. The van der Waals surface area contributed by atoms with Crippen LogP contribution >= 0.6 is 11.3 Å². The van der Waals surface area contributed by atoms with Gasteiger partial charge in [0.15, 0.2) is 0 Å². The Bertz CT molecular complexity index is 700. The molecule has 1 aromatic heterocycles. The quantitative estimate of drug-likeness (QED) is 0.474. The van der Waals surface area contributed by atoms with Crippen molar-refractivity contribution in [1.82, 2.24) is 9.80 Å². The van der Waals surface area contributed by atoms with Crippen LogP contribution in [-0.2, 0) is 4.79 Å². The summed E-state index contributed by atoms with van der Waals surface area (Å²) in [6.45, 7) is 3.89. The van der Waals surface area contributed by atoms with Gasteiger partial charge in [-0.1, -0.05) is 16.9 Å². The third-order valence-corrected chi connectivity index (χ3v) is 5.46. The van der Waals surface area contributed by atoms with Crippen molar-refractivity contribution in [3.05, 3.63) is 38.8 Å². The van der Waals surface area contributed by atoms with E-state index in [1.807, 2.05) is 6.92 Å². The lowest BCUT2D eigenvalue weighted by Gasteiger charge is -2.34. The first kappa shape index (κ1) is 16.6. The Morgan fingerprint density at radius 2 is 1.83 bits per heavy atom. The highest BCUT2D eigenvalue weighted by Crippen LogP contribution is 2.36. The average Bonchev–Trinajstić information content (AvgIpc) is 3.31. The van der Waals surface area contributed by atoms with Crippen molar-refractivity contribution in [2.75, 3.05) is 26.2 Å². The number of piperazine rings is 1. The highest BCUT2D eigenvalue weighted by Gasteiger charge is 2.28. The molecule has 0 N–H and O–H groups in total. The van der Waals surface area contributed by atoms with Crippen LogP contribution in [0.1, 0.15) is 29.4 Å². The fourth-order valence-electron chi connectivity index (χ4n) is 2.77. The molecule has 1 saturated heterocycles. The summed E-state index contributed by atoms with van der Waals surface area (Å²) in [6.07, 6.45) is 4.06. The Morgan fingerprint density at radius 1 is 1.21 bits per heavy atom. The molecule has 2 amide bonds. The van der Waals surface area contributed by atoms with Crippen molar-refractivity contribution in [3.63, 3.8) is 0 Å². The van der Waals surface area contributed by atoms with Crippen LogP contribution in [0.2, 0.25) is 0 Å². The topological polar surface area (TPSA) is 83.8 Å². The van der Waals surface area contributed by atoms with Crippen LogP contribution in [0.5, 0.6) is 0 Å². The minimum atomic E-state index is -0.493. The lowest BCUT2D eigenvalue weighted by Crippen LogP contribution is -2.50. The summed E-state index contributed by atoms with van der Waals surface area (Å²) >= 11 is 0.888. The van der Waals surface area contributed by atoms with Crippen LogP contribution in [0.3, 0.4) is 0 Å². The number of carbonyl (C=O) groups excluding carboxylic acids is 2. The van der Waals surface area contributed by atoms with Crippen molar-refractivity contribution in [3.8, 4) is 0 Å². The molecule has 1 aliphatic heterocycles. The second kappa shape index (κ2) is 6.72. The van der Waals surface area contributed by atoms with Gasteiger partial charge in [0, 0.05) is 38.3 Å². The molecule has 3 rings (SSSR count). The number of amides is 2. The normalized spacial score (nSPS) is 18.6. The van der Waals surface area contributed by atoms with Crippen LogP contribution in [0.15, 0.2) is 23.8 Å². The van der Waals surface area contributed by atoms with Crippen molar-refractivity contribution in [2.45, 2.75) is 19.8 Å². The van der Waals surface area contributed by atoms with E-state index in [-0.39, 0.29) is 16.8 Å². The monoisotopic (exact) mass is 349 g/mol. The van der Waals surface area contributed by atoms with Crippen molar-refractivity contribution < 1.29 is 14.5 Å². The number of rotatable bonds is 4. The van der Waals surface area contributed by atoms with Gasteiger partial charge < -0.3 is 9.80 Å². The third kappa shape index (κ3) is 3.64. The van der Waals surface area contributed by atoms with E-state index in [0.29, 0.717) is 37.0 Å². The highest BCUT2D eigenvalue weighted by atomic mass is 32.1. The van der Waals surface area contributed by atoms with E-state index in [0.717, 1.165) is 16.9 Å². The van der Waals surface area contributed by atoms with Gasteiger partial charge in [-0.05, 0) is 31.7 Å². The largest absolute Gasteiger partial charge is 0.336 e. The van der Waals surface area contributed by atoms with E-state index in [9.17, 15) is 19.7 Å². The van der Waals surface area contributed by atoms with Gasteiger partial charge in [-0.25, -0.2) is 0 Å². The number of hydrogen-bond acceptors (Lipinski definition) is 5. The Kier molecular flexibility index (Phi) is 4.66. The first-order chi connectivity index (χ1) is 11.5. The molecule has 24 heavy (non-hydrogen) atoms. The van der Waals surface area contributed by atoms with Gasteiger partial charge in [-0.2, -0.15) is 0 Å². The molecule has 1 saturated carbocycles. The molecule has 128 valence electrons. The molecule has 2 aliphatic rings. The predicted octanol–water partition coefficient (Wildman–Crippen LogP) is 2.30. The first-order valence-corrected chi connectivity index (χ1v) is 8.78. The molecule has 0 bridgehead atoms. The van der Waals surface area contributed by atoms with E-state index in [4.69, 9.17) is 0 Å². The number of allylic oxidation sites excluding steroid dienone is 1. The van der Waals surface area contributed by atoms with E-state index in [1.165, 1.54) is 25.0 Å². The van der Waals surface area contributed by atoms with Gasteiger partial charge in [0.25, 0.3) is 5.91 Å². The van der Waals surface area contributed by atoms with E-state index in [2.05, 4.69) is 0 Å². The zero-order valence-electron chi connectivity index (χ0n) is 13.4. The fraction of sp³-hybridized carbons (Fsp3) is 0.500. The van der Waals surface area contributed by atoms with Gasteiger partial charge in [-0.3, -0.25) is 19.7 Å². The summed E-state index contributed by atoms with van der Waals surface area (Å²) in [7, 11) is 0. The fourth-order valence-corrected chi connectivity index (χ4v) is 3.56. The molecular weight excluding hydrogens is 330 g/mol. The summed E-state index contributed by atoms with van der Waals surface area (Å²) in [6, 6.07) is 2.84. The van der Waals surface area contributed by atoms with Crippen LogP contribution in [-0.4, -0.2) is 52.7 Å². The maximum Gasteiger partial charge on any atom is 0.324 e. The molecule has 2 fully saturated rings. The minimum Gasteiger partial charge on any atom is -0.336 e. The lowest BCUT2D eigenvalue weighted by atomic mass is 10.1. The van der Waals surface area contributed by atoms with Gasteiger partial charge >= 0.3 is 5.00 Å². The second-order valence-electron chi connectivity index (χ2n) is 6.18. The molecule has 0 unspecified atom stereocenters. The summed E-state index contributed by atoms with van der Waals surface area (Å²) in [5.41, 5.74) is 1.14. The lowest BCUT2D eigenvalue weighted by molar-refractivity contribution is -0.380. The standard InChI is InChI=1S/C16H19N3O4S/c1-11(12-2-3-12)10-14(20)17-6-8-18(9-7-17)16(21)13-4-5-15(24-13)19(22)23/h4-5,10,12H,2-3,6-9H2,1H3/b11-10-. The molecule has 0 atom stereocenters. The molecule has 1 aromatic rings. The molecule has 0 spiro atoms. The molecular formula is C16H19N3O4S. The van der Waals surface area contributed by atoms with Crippen molar-refractivity contribution >= 4 is 28.2 Å². The third-order valence-electron chi connectivity index (χ3n) is 4.43. The Labute approximate surface area is 143 Å². The summed E-state index contributed by atoms with van der Waals surface area (Å²) in [5.74, 6) is 0.384. The number of carbonyl (C=O) groups is 2. The van der Waals surface area contributed by atoms with Crippen molar-refractivity contribution in [2.24, 2.45) is 5.92 Å². The highest BCUT2D eigenvalue weighted by molar-refractivity contribution is 7.17. The number of nitrogens with zero attached hydrogens (tertiary/aromatic N) is 3. The number of nitro groups is 1. The van der Waals surface area contributed by atoms with Gasteiger partial charge in [-0.15, -0.1) is 0 Å². The molecule has 0 radical (unpaired) electrons. The van der Waals surface area contributed by atoms with E-state index >= 15 is 0 Å². The molecule has 0 aromatic carbocycles. The SMILES string of the molecule is C/C(=C/C(=O)N1CCN(C(=O)c2ccc([N+](=O)[O-])s2)CC1)C1CC1. The summed E-state index contributed by atoms with van der Waals surface area (Å²) in [4.78, 5) is 38.6. The Balaban J connectivity index is 1.56. The molecule has 8 heteroatoms. The zero-order chi connectivity index (χ0) is 17.3. The molecule has 2 heterocycles. The van der Waals surface area contributed by atoms with Gasteiger partial charge in [0.2, 0.25) is 5.91 Å². The van der Waals surface area contributed by atoms with Crippen molar-refractivity contribution in [1.29, 1.82) is 0 Å². The van der Waals surface area contributed by atoms with E-state index in [1.54, 1.807) is 15.9 Å². The molecule has 7 nitrogen and oxygen atoms in total. The Morgan fingerprint density at radius 3 is 2.38 bits per heavy atom. The molecule has 1 aliphatic carbocycles. The van der Waals surface area contributed by atoms with Gasteiger partial charge in [0.05, 0.1) is 9.80 Å². The maximum absolute atomic E-state index is 12.4. The average molecular weight is 349 g/mol. The Hall–Kier alpha value is -2.22. The second-order valence-corrected chi connectivity index (χ2v) is 7.24. The van der Waals surface area contributed by atoms with Crippen LogP contribution in [0, 0.1) is 16.0 Å². The minimum absolute atomic E-state index is 0.0123. The van der Waals surface area contributed by atoms with Gasteiger partial charge in [0.1, 0.15) is 0 Å². The summed E-state index contributed by atoms with van der Waals surface area (Å²) < 4.78 is 0. The predicted molar refractivity (Wildman–Crippen MR) is 89.9 cm³/mol. The van der Waals surface area contributed by atoms with Crippen LogP contribution in [0.25, 0.3) is 0 Å². The van der Waals surface area contributed by atoms with Crippen LogP contribution < -0.4 is 0 Å². The smallest absolute Gasteiger partial charge is 0.324 e. The van der Waals surface area contributed by atoms with E-state index < -0.39 is 4.92 Å². The van der Waals surface area contributed by atoms with Crippen LogP contribution in [0.4, 0.5) is 5.00 Å². The first-order valence-electron chi connectivity index (χ1n) is 7.96.